The fourth-order valence-electron chi connectivity index (χ4n) is 3.74. The number of imidazole rings is 1. The number of carbonyl (C=O) groups is 1. The Kier molecular flexibility index (Phi) is 5.74. The zero-order valence-electron chi connectivity index (χ0n) is 17.6. The highest BCUT2D eigenvalue weighted by atomic mass is 16.6. The van der Waals surface area contributed by atoms with E-state index < -0.39 is 0 Å². The van der Waals surface area contributed by atoms with Gasteiger partial charge in [0, 0.05) is 24.5 Å². The van der Waals surface area contributed by atoms with Gasteiger partial charge in [0.1, 0.15) is 19.0 Å². The van der Waals surface area contributed by atoms with Gasteiger partial charge in [-0.3, -0.25) is 4.79 Å². The summed E-state index contributed by atoms with van der Waals surface area (Å²) in [6.45, 7) is 7.86. The van der Waals surface area contributed by atoms with Crippen LogP contribution >= 0.6 is 0 Å². The molecule has 3 aromatic rings. The first-order valence-electron chi connectivity index (χ1n) is 10.3. The number of carbonyl (C=O) groups excluding carboxylic acids is 1. The van der Waals surface area contributed by atoms with E-state index in [-0.39, 0.29) is 17.9 Å². The van der Waals surface area contributed by atoms with Crippen molar-refractivity contribution in [2.45, 2.75) is 33.4 Å². The minimum atomic E-state index is -0.142. The lowest BCUT2D eigenvalue weighted by Crippen LogP contribution is -2.32. The number of aryl methyl sites for hydroxylation is 1. The van der Waals surface area contributed by atoms with Crippen LogP contribution in [0.5, 0.6) is 11.5 Å². The minimum Gasteiger partial charge on any atom is -0.486 e. The number of aromatic nitrogens is 2. The Morgan fingerprint density at radius 3 is 2.63 bits per heavy atom. The molecule has 1 unspecified atom stereocenters. The number of amides is 1. The van der Waals surface area contributed by atoms with Crippen molar-refractivity contribution in [2.75, 3.05) is 13.2 Å². The van der Waals surface area contributed by atoms with Gasteiger partial charge in [-0.25, -0.2) is 4.98 Å². The van der Waals surface area contributed by atoms with E-state index in [0.717, 1.165) is 28.5 Å². The van der Waals surface area contributed by atoms with Crippen molar-refractivity contribution in [2.24, 2.45) is 5.92 Å². The van der Waals surface area contributed by atoms with E-state index in [4.69, 9.17) is 9.47 Å². The maximum absolute atomic E-state index is 13.3. The van der Waals surface area contributed by atoms with E-state index in [9.17, 15) is 4.79 Å². The Bertz CT molecular complexity index is 1040. The van der Waals surface area contributed by atoms with Crippen LogP contribution in [0.25, 0.3) is 0 Å². The number of benzene rings is 2. The van der Waals surface area contributed by atoms with Gasteiger partial charge in [0.15, 0.2) is 11.5 Å². The summed E-state index contributed by atoms with van der Waals surface area (Å²) in [5.74, 6) is 2.52. The van der Waals surface area contributed by atoms with Gasteiger partial charge >= 0.3 is 0 Å². The Labute approximate surface area is 176 Å². The molecule has 0 bridgehead atoms. The normalized spacial score (nSPS) is 13.9. The van der Waals surface area contributed by atoms with Crippen molar-refractivity contribution in [3.05, 3.63) is 77.4 Å². The molecule has 1 amide bonds. The Balaban J connectivity index is 1.58. The first kappa shape index (κ1) is 20.0. The number of hydrogen-bond acceptors (Lipinski definition) is 4. The topological polar surface area (TPSA) is 65.4 Å². The molecule has 1 aliphatic rings. The fourth-order valence-corrected chi connectivity index (χ4v) is 3.74. The van der Waals surface area contributed by atoms with Gasteiger partial charge in [-0.15, -0.1) is 0 Å². The summed E-state index contributed by atoms with van der Waals surface area (Å²) in [6, 6.07) is 13.5. The molecule has 0 aliphatic carbocycles. The van der Waals surface area contributed by atoms with E-state index in [1.165, 1.54) is 0 Å². The van der Waals surface area contributed by atoms with Gasteiger partial charge in [-0.2, -0.15) is 0 Å². The molecule has 6 nitrogen and oxygen atoms in total. The van der Waals surface area contributed by atoms with Crippen LogP contribution in [0, 0.1) is 12.8 Å². The summed E-state index contributed by atoms with van der Waals surface area (Å²) < 4.78 is 13.4. The highest BCUT2D eigenvalue weighted by molar-refractivity contribution is 5.96. The average molecular weight is 405 g/mol. The van der Waals surface area contributed by atoms with Crippen LogP contribution in [0.4, 0.5) is 0 Å². The SMILES string of the molecule is Cc1nccn1Cc1ccccc1C(=O)NC(c1ccc2c(c1)OCCO2)C(C)C. The summed E-state index contributed by atoms with van der Waals surface area (Å²) >= 11 is 0. The molecule has 1 aliphatic heterocycles. The molecule has 0 saturated carbocycles. The summed E-state index contributed by atoms with van der Waals surface area (Å²) in [4.78, 5) is 17.5. The number of nitrogens with zero attached hydrogens (tertiary/aromatic N) is 2. The molecule has 4 rings (SSSR count). The largest absolute Gasteiger partial charge is 0.486 e. The number of nitrogens with one attached hydrogen (secondary N) is 1. The van der Waals surface area contributed by atoms with E-state index in [1.54, 1.807) is 6.20 Å². The van der Waals surface area contributed by atoms with E-state index in [0.29, 0.717) is 25.3 Å². The van der Waals surface area contributed by atoms with Gasteiger partial charge in [0.25, 0.3) is 5.91 Å². The Morgan fingerprint density at radius 2 is 1.90 bits per heavy atom. The third-order valence-electron chi connectivity index (χ3n) is 5.40. The number of rotatable bonds is 6. The van der Waals surface area contributed by atoms with Crippen molar-refractivity contribution in [1.82, 2.24) is 14.9 Å². The highest BCUT2D eigenvalue weighted by Gasteiger charge is 2.23. The summed E-state index contributed by atoms with van der Waals surface area (Å²) in [6.07, 6.45) is 3.70. The molecule has 6 heteroatoms. The molecular formula is C24H27N3O3. The predicted molar refractivity (Wildman–Crippen MR) is 115 cm³/mol. The van der Waals surface area contributed by atoms with Crippen LogP contribution in [-0.4, -0.2) is 28.7 Å². The first-order chi connectivity index (χ1) is 14.5. The lowest BCUT2D eigenvalue weighted by Gasteiger charge is -2.26. The molecule has 2 heterocycles. The molecule has 0 fully saturated rings. The Morgan fingerprint density at radius 1 is 1.13 bits per heavy atom. The third-order valence-corrected chi connectivity index (χ3v) is 5.40. The molecule has 0 spiro atoms. The monoisotopic (exact) mass is 405 g/mol. The van der Waals surface area contributed by atoms with Gasteiger partial charge in [-0.1, -0.05) is 38.1 Å². The lowest BCUT2D eigenvalue weighted by atomic mass is 9.94. The summed E-state index contributed by atoms with van der Waals surface area (Å²) in [7, 11) is 0. The van der Waals surface area contributed by atoms with Crippen molar-refractivity contribution in [3.8, 4) is 11.5 Å². The predicted octanol–water partition coefficient (Wildman–Crippen LogP) is 4.14. The molecule has 0 radical (unpaired) electrons. The van der Waals surface area contributed by atoms with E-state index in [2.05, 4.69) is 24.1 Å². The molecule has 1 atom stereocenters. The second-order valence-corrected chi connectivity index (χ2v) is 7.86. The van der Waals surface area contributed by atoms with Crippen LogP contribution < -0.4 is 14.8 Å². The fraction of sp³-hybridized carbons (Fsp3) is 0.333. The van der Waals surface area contributed by atoms with Crippen LogP contribution in [-0.2, 0) is 6.54 Å². The molecule has 2 aromatic carbocycles. The second kappa shape index (κ2) is 8.61. The first-order valence-corrected chi connectivity index (χ1v) is 10.3. The summed E-state index contributed by atoms with van der Waals surface area (Å²) in [5, 5.41) is 3.23. The zero-order chi connectivity index (χ0) is 21.1. The second-order valence-electron chi connectivity index (χ2n) is 7.86. The number of fused-ring (bicyclic) bond motifs is 1. The summed E-state index contributed by atoms with van der Waals surface area (Å²) in [5.41, 5.74) is 2.64. The third kappa shape index (κ3) is 4.17. The molecule has 0 saturated heterocycles. The maximum Gasteiger partial charge on any atom is 0.252 e. The van der Waals surface area contributed by atoms with Gasteiger partial charge < -0.3 is 19.4 Å². The zero-order valence-corrected chi connectivity index (χ0v) is 17.6. The molecule has 1 N–H and O–H groups in total. The lowest BCUT2D eigenvalue weighted by molar-refractivity contribution is 0.0924. The molecular weight excluding hydrogens is 378 g/mol. The number of hydrogen-bond donors (Lipinski definition) is 1. The van der Waals surface area contributed by atoms with Gasteiger partial charge in [-0.05, 0) is 42.2 Å². The van der Waals surface area contributed by atoms with Crippen molar-refractivity contribution in [3.63, 3.8) is 0 Å². The molecule has 30 heavy (non-hydrogen) atoms. The van der Waals surface area contributed by atoms with Gasteiger partial charge in [0.05, 0.1) is 6.04 Å². The molecule has 1 aromatic heterocycles. The van der Waals surface area contributed by atoms with Crippen molar-refractivity contribution >= 4 is 5.91 Å². The Hall–Kier alpha value is -3.28. The quantitative estimate of drug-likeness (QED) is 0.669. The standard InChI is InChI=1S/C24H27N3O3/c1-16(2)23(18-8-9-21-22(14-18)30-13-12-29-21)26-24(28)20-7-5-4-6-19(20)15-27-11-10-25-17(27)3/h4-11,14,16,23H,12-13,15H2,1-3H3,(H,26,28). The van der Waals surface area contributed by atoms with Crippen LogP contribution in [0.15, 0.2) is 54.9 Å². The average Bonchev–Trinajstić information content (AvgIpc) is 3.16. The number of ether oxygens (including phenoxy) is 2. The van der Waals surface area contributed by atoms with E-state index >= 15 is 0 Å². The van der Waals surface area contributed by atoms with Crippen LogP contribution in [0.1, 0.15) is 47.2 Å². The smallest absolute Gasteiger partial charge is 0.252 e. The van der Waals surface area contributed by atoms with Crippen LogP contribution in [0.3, 0.4) is 0 Å². The van der Waals surface area contributed by atoms with E-state index in [1.807, 2.05) is 60.2 Å². The minimum absolute atomic E-state index is 0.0862. The van der Waals surface area contributed by atoms with Crippen molar-refractivity contribution in [1.29, 1.82) is 0 Å². The van der Waals surface area contributed by atoms with Gasteiger partial charge in [0.2, 0.25) is 0 Å². The molecule has 156 valence electrons. The van der Waals surface area contributed by atoms with Crippen molar-refractivity contribution < 1.29 is 14.3 Å². The maximum atomic E-state index is 13.3. The highest BCUT2D eigenvalue weighted by Crippen LogP contribution is 2.34. The van der Waals surface area contributed by atoms with Crippen LogP contribution in [0.2, 0.25) is 0 Å².